The van der Waals surface area contributed by atoms with Crippen molar-refractivity contribution in [1.29, 1.82) is 0 Å². The standard InChI is InChI=1S/C47H51NO14.Na.H/c1-25-31(60-43(56)36(52)35(28-16-10-7-11-17-28)48-41(54)29-18-12-8-13-19-29)23-47(57)40(61-42(55)30-20-14-9-15-21-30)38-45(6,32(51)22-33-46(38,24-58-33)62-27(3)50)39(53)37(59-26(2)49)34(25)44(47,4)5;;/h7-21,31-33,35-38,40,51-52,57H,22-24H2,1-6H3,(H,48,54);;/q;+1;-1/t31-,32-,33+,35-,36+,37+,38-,40-,45+,46-,47+;;/m0../s1. The number of nitrogens with one attached hydrogen (secondary N) is 1. The van der Waals surface area contributed by atoms with Crippen LogP contribution in [0.2, 0.25) is 0 Å². The Balaban J connectivity index is 0.00000385. The molecule has 1 aliphatic heterocycles. The number of esters is 4. The molecule has 15 nitrogen and oxygen atoms in total. The van der Waals surface area contributed by atoms with Gasteiger partial charge >= 0.3 is 53.4 Å². The molecule has 0 aromatic heterocycles. The number of hydrogen-bond donors (Lipinski definition) is 4. The zero-order valence-electron chi connectivity index (χ0n) is 37.2. The Labute approximate surface area is 388 Å². The number of ether oxygens (including phenoxy) is 5. The molecule has 0 radical (unpaired) electrons. The Morgan fingerprint density at radius 1 is 0.841 bits per heavy atom. The summed E-state index contributed by atoms with van der Waals surface area (Å²) >= 11 is 0. The van der Waals surface area contributed by atoms with Crippen molar-refractivity contribution in [2.45, 2.75) is 108 Å². The van der Waals surface area contributed by atoms with Crippen molar-refractivity contribution in [2.75, 3.05) is 6.61 Å². The number of fused-ring (bicyclic) bond motifs is 5. The second kappa shape index (κ2) is 18.0. The van der Waals surface area contributed by atoms with E-state index in [0.29, 0.717) is 5.56 Å². The number of rotatable bonds is 10. The summed E-state index contributed by atoms with van der Waals surface area (Å²) < 4.78 is 30.3. The van der Waals surface area contributed by atoms with Crippen LogP contribution in [0.25, 0.3) is 0 Å². The number of ketones is 1. The van der Waals surface area contributed by atoms with Crippen LogP contribution >= 0.6 is 0 Å². The summed E-state index contributed by atoms with van der Waals surface area (Å²) in [7, 11) is 0. The van der Waals surface area contributed by atoms with Crippen molar-refractivity contribution in [3.8, 4) is 0 Å². The second-order valence-electron chi connectivity index (χ2n) is 17.4. The Kier molecular flexibility index (Phi) is 13.7. The van der Waals surface area contributed by atoms with E-state index in [0.717, 1.165) is 13.8 Å². The molecule has 1 heterocycles. The van der Waals surface area contributed by atoms with Crippen LogP contribution in [0.3, 0.4) is 0 Å². The minimum Gasteiger partial charge on any atom is -1.00 e. The van der Waals surface area contributed by atoms with E-state index in [4.69, 9.17) is 23.7 Å². The minimum atomic E-state index is -2.39. The molecule has 1 amide bonds. The number of Topliss-reactive ketones (excluding diaryl/α,β-unsaturated/α-hetero) is 1. The molecule has 11 atom stereocenters. The molecule has 3 fully saturated rings. The zero-order chi connectivity index (χ0) is 44.9. The van der Waals surface area contributed by atoms with Crippen molar-refractivity contribution in [3.63, 3.8) is 0 Å². The topological polar surface area (TPSA) is 221 Å². The smallest absolute Gasteiger partial charge is 1.00 e. The van der Waals surface area contributed by atoms with Gasteiger partial charge in [0.2, 0.25) is 0 Å². The van der Waals surface area contributed by atoms with Crippen LogP contribution in [0.5, 0.6) is 0 Å². The van der Waals surface area contributed by atoms with Crippen LogP contribution in [0.4, 0.5) is 0 Å². The third-order valence-corrected chi connectivity index (χ3v) is 13.5. The Bertz CT molecular complexity index is 2300. The first-order chi connectivity index (χ1) is 29.3. The Hall–Kier alpha value is -4.74. The van der Waals surface area contributed by atoms with Crippen LogP contribution in [0.1, 0.15) is 88.1 Å². The average Bonchev–Trinajstić information content (AvgIpc) is 3.24. The van der Waals surface area contributed by atoms with Gasteiger partial charge in [0.1, 0.15) is 23.9 Å². The molecule has 2 saturated carbocycles. The number of aliphatic hydroxyl groups excluding tert-OH is 2. The first kappa shape index (κ1) is 47.7. The van der Waals surface area contributed by atoms with Gasteiger partial charge in [-0.3, -0.25) is 19.2 Å². The third kappa shape index (κ3) is 8.17. The van der Waals surface area contributed by atoms with Crippen LogP contribution in [0.15, 0.2) is 102 Å². The molecule has 1 saturated heterocycles. The first-order valence-electron chi connectivity index (χ1n) is 20.5. The molecular weight excluding hydrogens is 825 g/mol. The van der Waals surface area contributed by atoms with Gasteiger partial charge in [-0.1, -0.05) is 80.6 Å². The van der Waals surface area contributed by atoms with E-state index in [1.54, 1.807) is 92.7 Å². The van der Waals surface area contributed by atoms with Gasteiger partial charge in [-0.25, -0.2) is 9.59 Å². The molecule has 3 aromatic rings. The maximum absolute atomic E-state index is 15.5. The molecule has 2 bridgehead atoms. The summed E-state index contributed by atoms with van der Waals surface area (Å²) in [6.45, 7) is 7.97. The van der Waals surface area contributed by atoms with Gasteiger partial charge in [-0.15, -0.1) is 0 Å². The zero-order valence-corrected chi connectivity index (χ0v) is 38.2. The maximum Gasteiger partial charge on any atom is 1.00 e. The molecule has 4 aliphatic rings. The maximum atomic E-state index is 15.5. The monoisotopic (exact) mass is 877 g/mol. The van der Waals surface area contributed by atoms with E-state index < -0.39 is 113 Å². The minimum absolute atomic E-state index is 0. The van der Waals surface area contributed by atoms with Crippen LogP contribution in [-0.4, -0.2) is 105 Å². The van der Waals surface area contributed by atoms with E-state index in [1.165, 1.54) is 26.0 Å². The molecule has 330 valence electrons. The summed E-state index contributed by atoms with van der Waals surface area (Å²) in [5, 5.41) is 40.2. The molecule has 7 rings (SSSR count). The molecule has 0 spiro atoms. The number of amides is 1. The quantitative estimate of drug-likeness (QED) is 0.0961. The summed E-state index contributed by atoms with van der Waals surface area (Å²) in [6, 6.07) is 22.9. The van der Waals surface area contributed by atoms with E-state index in [-0.39, 0.29) is 66.3 Å². The molecule has 4 N–H and O–H groups in total. The number of hydrogen-bond acceptors (Lipinski definition) is 14. The molecule has 3 aliphatic carbocycles. The van der Waals surface area contributed by atoms with Crippen LogP contribution in [0, 0.1) is 16.7 Å². The number of benzene rings is 3. The van der Waals surface area contributed by atoms with Gasteiger partial charge in [-0.2, -0.15) is 0 Å². The number of carbonyl (C=O) groups excluding carboxylic acids is 6. The molecular formula is C47H52NNaO14. The fourth-order valence-electron chi connectivity index (χ4n) is 10.2. The summed E-state index contributed by atoms with van der Waals surface area (Å²) in [5.74, 6) is -6.84. The van der Waals surface area contributed by atoms with Gasteiger partial charge in [0.25, 0.3) is 5.91 Å². The first-order valence-corrected chi connectivity index (χ1v) is 20.5. The largest absolute Gasteiger partial charge is 1.00 e. The van der Waals surface area contributed by atoms with Gasteiger partial charge in [0.15, 0.2) is 23.6 Å². The molecule has 16 heteroatoms. The van der Waals surface area contributed by atoms with Gasteiger partial charge < -0.3 is 45.7 Å². The van der Waals surface area contributed by atoms with Gasteiger partial charge in [0.05, 0.1) is 35.6 Å². The van der Waals surface area contributed by atoms with Gasteiger partial charge in [0, 0.05) is 37.7 Å². The molecule has 3 aromatic carbocycles. The Morgan fingerprint density at radius 3 is 1.95 bits per heavy atom. The van der Waals surface area contributed by atoms with E-state index in [2.05, 4.69) is 5.32 Å². The number of carbonyl (C=O) groups is 6. The van der Waals surface area contributed by atoms with Gasteiger partial charge in [-0.05, 0) is 54.8 Å². The SMILES string of the molecule is CC(=O)O[C@H]1C(=O)[C@@]2(C)[C@H]([C@H](OC(=O)c3ccccc3)[C@]3(O)C[C@H](OC(=O)[C@H](O)[C@@H](NC(=O)c4ccccc4)c4ccccc4)C(C)=C1C3(C)C)[C@]1(OC(C)=O)CO[C@@H]1C[C@@H]2O.[H-].[Na+]. The second-order valence-corrected chi connectivity index (χ2v) is 17.4. The van der Waals surface area contributed by atoms with Crippen molar-refractivity contribution in [3.05, 3.63) is 119 Å². The third-order valence-electron chi connectivity index (χ3n) is 13.5. The van der Waals surface area contributed by atoms with Crippen molar-refractivity contribution >= 4 is 35.6 Å². The normalized spacial score (nSPS) is 31.3. The van der Waals surface area contributed by atoms with Crippen molar-refractivity contribution in [1.82, 2.24) is 5.32 Å². The summed E-state index contributed by atoms with van der Waals surface area (Å²) in [5.41, 5.74) is -7.02. The average molecular weight is 878 g/mol. The fraction of sp³-hybridized carbons (Fsp3) is 0.447. The van der Waals surface area contributed by atoms with Crippen LogP contribution < -0.4 is 34.9 Å². The van der Waals surface area contributed by atoms with E-state index in [9.17, 15) is 39.3 Å². The summed E-state index contributed by atoms with van der Waals surface area (Å²) in [6.07, 6.45) is -10.5. The predicted molar refractivity (Wildman–Crippen MR) is 219 cm³/mol. The molecule has 63 heavy (non-hydrogen) atoms. The number of aliphatic hydroxyl groups is 3. The van der Waals surface area contributed by atoms with Crippen molar-refractivity contribution < 1.29 is 98.8 Å². The Morgan fingerprint density at radius 2 is 1.41 bits per heavy atom. The van der Waals surface area contributed by atoms with Crippen LogP contribution in [-0.2, 0) is 42.9 Å². The predicted octanol–water partition coefficient (Wildman–Crippen LogP) is 0.852. The van der Waals surface area contributed by atoms with E-state index >= 15 is 4.79 Å². The van der Waals surface area contributed by atoms with E-state index in [1.807, 2.05) is 0 Å². The summed E-state index contributed by atoms with van der Waals surface area (Å²) in [4.78, 5) is 83.5. The fourth-order valence-corrected chi connectivity index (χ4v) is 10.2. The van der Waals surface area contributed by atoms with Crippen molar-refractivity contribution in [2.24, 2.45) is 16.7 Å². The molecule has 0 unspecified atom stereocenters.